The van der Waals surface area contributed by atoms with Crippen molar-refractivity contribution in [3.05, 3.63) is 39.4 Å². The maximum absolute atomic E-state index is 9.90. The molecule has 0 aliphatic rings. The lowest BCUT2D eigenvalue weighted by Gasteiger charge is -2.12. The van der Waals surface area contributed by atoms with Crippen molar-refractivity contribution in [2.24, 2.45) is 0 Å². The summed E-state index contributed by atoms with van der Waals surface area (Å²) in [6.45, 7) is 2.28. The second-order valence-corrected chi connectivity index (χ2v) is 4.74. The molecule has 90 valence electrons. The molecule has 2 heterocycles. The van der Waals surface area contributed by atoms with Gasteiger partial charge in [-0.15, -0.1) is 0 Å². The lowest BCUT2D eigenvalue weighted by atomic mass is 10.2. The number of halogens is 1. The van der Waals surface area contributed by atoms with E-state index in [9.17, 15) is 5.11 Å². The number of hydrogen-bond donors (Lipinski definition) is 2. The van der Waals surface area contributed by atoms with E-state index in [-0.39, 0.29) is 5.28 Å². The summed E-state index contributed by atoms with van der Waals surface area (Å²) in [4.78, 5) is 7.93. The Morgan fingerprint density at radius 3 is 3.12 bits per heavy atom. The van der Waals surface area contributed by atoms with Crippen LogP contribution in [-0.2, 0) is 0 Å². The fourth-order valence-electron chi connectivity index (χ4n) is 1.38. The number of aromatic nitrogens is 2. The van der Waals surface area contributed by atoms with Crippen LogP contribution in [0, 0.1) is 6.92 Å². The molecular weight excluding hydrogens is 258 g/mol. The monoisotopic (exact) mass is 269 g/mol. The van der Waals surface area contributed by atoms with Crippen molar-refractivity contribution >= 4 is 28.8 Å². The van der Waals surface area contributed by atoms with Gasteiger partial charge in [0.2, 0.25) is 5.28 Å². The summed E-state index contributed by atoms with van der Waals surface area (Å²) in [5, 5.41) is 17.0. The Hall–Kier alpha value is -1.17. The minimum atomic E-state index is -0.547. The average molecular weight is 270 g/mol. The van der Waals surface area contributed by atoms with Crippen LogP contribution in [0.15, 0.2) is 23.0 Å². The lowest BCUT2D eigenvalue weighted by Crippen LogP contribution is -2.13. The zero-order valence-electron chi connectivity index (χ0n) is 9.22. The van der Waals surface area contributed by atoms with Crippen LogP contribution in [0.2, 0.25) is 5.28 Å². The predicted molar refractivity (Wildman–Crippen MR) is 69.5 cm³/mol. The van der Waals surface area contributed by atoms with Gasteiger partial charge in [-0.05, 0) is 40.9 Å². The molecule has 0 aliphatic heterocycles. The van der Waals surface area contributed by atoms with Crippen LogP contribution < -0.4 is 5.32 Å². The molecule has 2 aromatic heterocycles. The lowest BCUT2D eigenvalue weighted by molar-refractivity contribution is 0.192. The van der Waals surface area contributed by atoms with Crippen molar-refractivity contribution in [1.29, 1.82) is 0 Å². The Kier molecular flexibility index (Phi) is 3.93. The van der Waals surface area contributed by atoms with Crippen molar-refractivity contribution < 1.29 is 5.11 Å². The number of thiophene rings is 1. The highest BCUT2D eigenvalue weighted by Gasteiger charge is 2.09. The van der Waals surface area contributed by atoms with Gasteiger partial charge in [0.1, 0.15) is 5.82 Å². The zero-order valence-corrected chi connectivity index (χ0v) is 10.8. The highest BCUT2D eigenvalue weighted by atomic mass is 35.5. The third-order valence-corrected chi connectivity index (χ3v) is 3.22. The Morgan fingerprint density at radius 1 is 1.59 bits per heavy atom. The molecule has 2 N–H and O–H groups in total. The molecule has 4 nitrogen and oxygen atoms in total. The summed E-state index contributed by atoms with van der Waals surface area (Å²) in [5.41, 5.74) is 1.80. The third-order valence-electron chi connectivity index (χ3n) is 2.33. The summed E-state index contributed by atoms with van der Waals surface area (Å²) >= 11 is 7.27. The molecule has 0 fully saturated rings. The molecular formula is C11H12ClN3OS. The minimum Gasteiger partial charge on any atom is -0.387 e. The number of aliphatic hydroxyl groups is 1. The van der Waals surface area contributed by atoms with Crippen molar-refractivity contribution in [3.63, 3.8) is 0 Å². The maximum atomic E-state index is 9.90. The first-order valence-corrected chi connectivity index (χ1v) is 6.42. The smallest absolute Gasteiger partial charge is 0.224 e. The predicted octanol–water partition coefficient (Wildman–Crippen LogP) is 2.65. The molecule has 6 heteroatoms. The van der Waals surface area contributed by atoms with E-state index in [0.29, 0.717) is 12.4 Å². The standard InChI is InChI=1S/C11H12ClN3OS/c1-7-4-14-11(12)15-10(7)13-5-9(16)8-2-3-17-6-8/h2-4,6,9,16H,5H2,1H3,(H,13,14,15). The number of rotatable bonds is 4. The quantitative estimate of drug-likeness (QED) is 0.838. The van der Waals surface area contributed by atoms with Gasteiger partial charge in [0, 0.05) is 18.3 Å². The van der Waals surface area contributed by atoms with Crippen LogP contribution in [0.4, 0.5) is 5.82 Å². The molecule has 0 radical (unpaired) electrons. The van der Waals surface area contributed by atoms with Gasteiger partial charge in [-0.3, -0.25) is 0 Å². The Labute approximate surface area is 108 Å². The van der Waals surface area contributed by atoms with Gasteiger partial charge < -0.3 is 10.4 Å². The van der Waals surface area contributed by atoms with Crippen LogP contribution in [0.3, 0.4) is 0 Å². The molecule has 0 spiro atoms. The fraction of sp³-hybridized carbons (Fsp3) is 0.273. The van der Waals surface area contributed by atoms with Gasteiger partial charge >= 0.3 is 0 Å². The van der Waals surface area contributed by atoms with Gasteiger partial charge in [-0.25, -0.2) is 9.97 Å². The summed E-state index contributed by atoms with van der Waals surface area (Å²) in [6, 6.07) is 1.90. The number of aryl methyl sites for hydroxylation is 1. The van der Waals surface area contributed by atoms with Gasteiger partial charge in [0.15, 0.2) is 0 Å². The summed E-state index contributed by atoms with van der Waals surface area (Å²) in [5.74, 6) is 0.652. The molecule has 2 aromatic rings. The van der Waals surface area contributed by atoms with Crippen molar-refractivity contribution in [2.75, 3.05) is 11.9 Å². The number of hydrogen-bond acceptors (Lipinski definition) is 5. The van der Waals surface area contributed by atoms with E-state index in [1.165, 1.54) is 0 Å². The Balaban J connectivity index is 2.00. The highest BCUT2D eigenvalue weighted by Crippen LogP contribution is 2.18. The topological polar surface area (TPSA) is 58.0 Å². The third kappa shape index (κ3) is 3.15. The Morgan fingerprint density at radius 2 is 2.41 bits per heavy atom. The second-order valence-electron chi connectivity index (χ2n) is 3.62. The van der Waals surface area contributed by atoms with Crippen molar-refractivity contribution in [2.45, 2.75) is 13.0 Å². The molecule has 2 rings (SSSR count). The average Bonchev–Trinajstić information content (AvgIpc) is 2.83. The molecule has 0 bridgehead atoms. The first kappa shape index (κ1) is 12.3. The van der Waals surface area contributed by atoms with E-state index in [4.69, 9.17) is 11.6 Å². The number of aliphatic hydroxyl groups excluding tert-OH is 1. The first-order valence-electron chi connectivity index (χ1n) is 5.10. The largest absolute Gasteiger partial charge is 0.387 e. The second kappa shape index (κ2) is 5.44. The van der Waals surface area contributed by atoms with Gasteiger partial charge in [-0.1, -0.05) is 0 Å². The van der Waals surface area contributed by atoms with Gasteiger partial charge in [0.25, 0.3) is 0 Å². The van der Waals surface area contributed by atoms with E-state index in [1.54, 1.807) is 17.5 Å². The molecule has 1 unspecified atom stereocenters. The SMILES string of the molecule is Cc1cnc(Cl)nc1NCC(O)c1ccsc1. The summed E-state index contributed by atoms with van der Waals surface area (Å²) in [6.07, 6.45) is 1.10. The van der Waals surface area contributed by atoms with E-state index in [1.807, 2.05) is 23.8 Å². The summed E-state index contributed by atoms with van der Waals surface area (Å²) in [7, 11) is 0. The van der Waals surface area contributed by atoms with E-state index in [0.717, 1.165) is 11.1 Å². The number of nitrogens with zero attached hydrogens (tertiary/aromatic N) is 2. The van der Waals surface area contributed by atoms with Crippen LogP contribution >= 0.6 is 22.9 Å². The number of anilines is 1. The van der Waals surface area contributed by atoms with Crippen LogP contribution in [0.1, 0.15) is 17.2 Å². The maximum Gasteiger partial charge on any atom is 0.224 e. The van der Waals surface area contributed by atoms with Crippen LogP contribution in [0.25, 0.3) is 0 Å². The van der Waals surface area contributed by atoms with Crippen LogP contribution in [-0.4, -0.2) is 21.6 Å². The van der Waals surface area contributed by atoms with Crippen LogP contribution in [0.5, 0.6) is 0 Å². The molecule has 0 saturated heterocycles. The van der Waals surface area contributed by atoms with E-state index in [2.05, 4.69) is 15.3 Å². The van der Waals surface area contributed by atoms with E-state index >= 15 is 0 Å². The van der Waals surface area contributed by atoms with Crippen molar-refractivity contribution in [3.8, 4) is 0 Å². The number of nitrogens with one attached hydrogen (secondary N) is 1. The molecule has 1 atom stereocenters. The molecule has 0 aliphatic carbocycles. The first-order chi connectivity index (χ1) is 8.16. The Bertz CT molecular complexity index is 489. The van der Waals surface area contributed by atoms with E-state index < -0.39 is 6.10 Å². The normalized spacial score (nSPS) is 12.4. The molecule has 0 aromatic carbocycles. The molecule has 0 saturated carbocycles. The fourth-order valence-corrected chi connectivity index (χ4v) is 2.22. The van der Waals surface area contributed by atoms with Gasteiger partial charge in [-0.2, -0.15) is 11.3 Å². The van der Waals surface area contributed by atoms with Crippen molar-refractivity contribution in [1.82, 2.24) is 9.97 Å². The van der Waals surface area contributed by atoms with Gasteiger partial charge in [0.05, 0.1) is 6.10 Å². The molecule has 17 heavy (non-hydrogen) atoms. The minimum absolute atomic E-state index is 0.197. The molecule has 0 amide bonds. The zero-order chi connectivity index (χ0) is 12.3. The highest BCUT2D eigenvalue weighted by molar-refractivity contribution is 7.07. The summed E-state index contributed by atoms with van der Waals surface area (Å²) < 4.78 is 0.